The van der Waals surface area contributed by atoms with Crippen LogP contribution in [-0.2, 0) is 0 Å². The molecular weight excluding hydrogens is 334 g/mol. The third-order valence-electron chi connectivity index (χ3n) is 5.88. The Morgan fingerprint density at radius 2 is 1.96 bits per heavy atom. The number of aromatic nitrogens is 5. The van der Waals surface area contributed by atoms with Crippen molar-refractivity contribution in [1.29, 1.82) is 0 Å². The summed E-state index contributed by atoms with van der Waals surface area (Å²) in [5, 5.41) is 1.16. The largest absolute Gasteiger partial charge is 0.346 e. The zero-order valence-electron chi connectivity index (χ0n) is 16.2. The third-order valence-corrected chi connectivity index (χ3v) is 5.88. The van der Waals surface area contributed by atoms with Crippen molar-refractivity contribution in [2.24, 2.45) is 0 Å². The van der Waals surface area contributed by atoms with Gasteiger partial charge in [-0.25, -0.2) is 15.0 Å². The number of aromatic amines is 1. The quantitative estimate of drug-likeness (QED) is 0.524. The Kier molecular flexibility index (Phi) is 3.78. The van der Waals surface area contributed by atoms with Crippen LogP contribution in [0.1, 0.15) is 63.0 Å². The smallest absolute Gasteiger partial charge is 0.177 e. The van der Waals surface area contributed by atoms with Crippen LogP contribution >= 0.6 is 0 Å². The summed E-state index contributed by atoms with van der Waals surface area (Å²) in [6, 6.07) is 6.99. The van der Waals surface area contributed by atoms with Gasteiger partial charge in [0.05, 0.1) is 5.52 Å². The summed E-state index contributed by atoms with van der Waals surface area (Å²) in [7, 11) is 0. The molecule has 1 saturated carbocycles. The molecule has 1 aliphatic rings. The zero-order valence-corrected chi connectivity index (χ0v) is 16.2. The number of hydrogen-bond acceptors (Lipinski definition) is 3. The van der Waals surface area contributed by atoms with Crippen molar-refractivity contribution in [3.05, 3.63) is 42.1 Å². The van der Waals surface area contributed by atoms with Gasteiger partial charge in [0.15, 0.2) is 5.65 Å². The minimum Gasteiger partial charge on any atom is -0.346 e. The molecule has 138 valence electrons. The molecule has 0 atom stereocenters. The summed E-state index contributed by atoms with van der Waals surface area (Å²) < 4.78 is 2.25. The molecule has 0 amide bonds. The van der Waals surface area contributed by atoms with E-state index in [-0.39, 0.29) is 0 Å². The summed E-state index contributed by atoms with van der Waals surface area (Å²) in [6.07, 6.45) is 9.18. The number of H-pyrrole nitrogens is 1. The monoisotopic (exact) mass is 359 g/mol. The van der Waals surface area contributed by atoms with Crippen LogP contribution in [0.15, 0.2) is 30.6 Å². The number of nitrogens with zero attached hydrogens (tertiary/aromatic N) is 4. The second kappa shape index (κ2) is 6.19. The Bertz CT molecular complexity index is 1130. The highest BCUT2D eigenvalue weighted by Crippen LogP contribution is 2.35. The number of imidazole rings is 1. The lowest BCUT2D eigenvalue weighted by molar-refractivity contribution is 0.600. The SMILES string of the molecule is Cc1nc2ncc(-c3c[nH]c4nc(C5CCCC5)ccc34)cc2n1C(C)C. The van der Waals surface area contributed by atoms with E-state index in [2.05, 4.69) is 57.8 Å². The number of fused-ring (bicyclic) bond motifs is 2. The summed E-state index contributed by atoms with van der Waals surface area (Å²) in [4.78, 5) is 17.5. The molecule has 1 fully saturated rings. The van der Waals surface area contributed by atoms with Gasteiger partial charge in [0.1, 0.15) is 11.5 Å². The molecule has 0 aliphatic heterocycles. The van der Waals surface area contributed by atoms with Gasteiger partial charge in [-0.3, -0.25) is 0 Å². The molecule has 1 aliphatic carbocycles. The Morgan fingerprint density at radius 3 is 2.74 bits per heavy atom. The third kappa shape index (κ3) is 2.64. The maximum absolute atomic E-state index is 4.92. The first kappa shape index (κ1) is 16.5. The van der Waals surface area contributed by atoms with Gasteiger partial charge in [0.2, 0.25) is 0 Å². The number of pyridine rings is 2. The van der Waals surface area contributed by atoms with Gasteiger partial charge in [-0.2, -0.15) is 0 Å². The van der Waals surface area contributed by atoms with E-state index in [0.717, 1.165) is 39.1 Å². The molecule has 0 spiro atoms. The van der Waals surface area contributed by atoms with E-state index in [1.54, 1.807) is 0 Å². The van der Waals surface area contributed by atoms with E-state index in [9.17, 15) is 0 Å². The molecule has 5 rings (SSSR count). The van der Waals surface area contributed by atoms with Crippen molar-refractivity contribution >= 4 is 22.2 Å². The molecule has 0 aromatic carbocycles. The molecule has 4 aromatic heterocycles. The predicted octanol–water partition coefficient (Wildman–Crippen LogP) is 5.52. The Hall–Kier alpha value is -2.69. The fourth-order valence-electron chi connectivity index (χ4n) is 4.60. The van der Waals surface area contributed by atoms with E-state index in [0.29, 0.717) is 12.0 Å². The summed E-state index contributed by atoms with van der Waals surface area (Å²) >= 11 is 0. The van der Waals surface area contributed by atoms with Gasteiger partial charge < -0.3 is 9.55 Å². The van der Waals surface area contributed by atoms with Crippen LogP contribution in [0.25, 0.3) is 33.3 Å². The lowest BCUT2D eigenvalue weighted by Gasteiger charge is -2.11. The second-order valence-corrected chi connectivity index (χ2v) is 8.01. The first-order chi connectivity index (χ1) is 13.1. The molecule has 4 heterocycles. The Balaban J connectivity index is 1.61. The molecule has 0 radical (unpaired) electrons. The average Bonchev–Trinajstić information content (AvgIpc) is 3.38. The van der Waals surface area contributed by atoms with Gasteiger partial charge in [-0.1, -0.05) is 12.8 Å². The Labute approximate surface area is 158 Å². The maximum atomic E-state index is 4.92. The van der Waals surface area contributed by atoms with Gasteiger partial charge in [-0.15, -0.1) is 0 Å². The van der Waals surface area contributed by atoms with Gasteiger partial charge in [-0.05, 0) is 51.8 Å². The van der Waals surface area contributed by atoms with Gasteiger partial charge >= 0.3 is 0 Å². The molecule has 0 unspecified atom stereocenters. The van der Waals surface area contributed by atoms with Crippen molar-refractivity contribution < 1.29 is 0 Å². The standard InChI is InChI=1S/C22H25N5/c1-13(2)27-14(3)25-22-20(27)10-16(11-23-22)18-12-24-21-17(18)8-9-19(26-21)15-6-4-5-7-15/h8-13,15H,4-7H2,1-3H3,(H,24,26). The molecule has 5 nitrogen and oxygen atoms in total. The normalized spacial score (nSPS) is 15.6. The average molecular weight is 359 g/mol. The molecular formula is C22H25N5. The summed E-state index contributed by atoms with van der Waals surface area (Å²) in [6.45, 7) is 6.41. The minimum absolute atomic E-state index is 0.352. The number of aryl methyl sites for hydroxylation is 1. The fraction of sp³-hybridized carbons (Fsp3) is 0.409. The first-order valence-corrected chi connectivity index (χ1v) is 9.95. The highest BCUT2D eigenvalue weighted by atomic mass is 15.1. The van der Waals surface area contributed by atoms with Crippen LogP contribution in [0.2, 0.25) is 0 Å². The fourth-order valence-corrected chi connectivity index (χ4v) is 4.60. The molecule has 1 N–H and O–H groups in total. The molecule has 0 bridgehead atoms. The van der Waals surface area contributed by atoms with Crippen LogP contribution < -0.4 is 0 Å². The predicted molar refractivity (Wildman–Crippen MR) is 109 cm³/mol. The van der Waals surface area contributed by atoms with Crippen molar-refractivity contribution in [3.8, 4) is 11.1 Å². The van der Waals surface area contributed by atoms with E-state index >= 15 is 0 Å². The van der Waals surface area contributed by atoms with E-state index in [4.69, 9.17) is 4.98 Å². The maximum Gasteiger partial charge on any atom is 0.177 e. The van der Waals surface area contributed by atoms with Crippen molar-refractivity contribution in [2.75, 3.05) is 0 Å². The van der Waals surface area contributed by atoms with Crippen LogP contribution in [0.4, 0.5) is 0 Å². The molecule has 27 heavy (non-hydrogen) atoms. The summed E-state index contributed by atoms with van der Waals surface area (Å²) in [5.74, 6) is 1.63. The molecule has 4 aromatic rings. The number of rotatable bonds is 3. The van der Waals surface area contributed by atoms with E-state index in [1.165, 1.54) is 31.4 Å². The second-order valence-electron chi connectivity index (χ2n) is 8.01. The van der Waals surface area contributed by atoms with Crippen LogP contribution in [0.5, 0.6) is 0 Å². The molecule has 5 heteroatoms. The summed E-state index contributed by atoms with van der Waals surface area (Å²) in [5.41, 5.74) is 6.36. The number of hydrogen-bond donors (Lipinski definition) is 1. The highest BCUT2D eigenvalue weighted by molar-refractivity contribution is 5.95. The van der Waals surface area contributed by atoms with Gasteiger partial charge in [0, 0.05) is 46.6 Å². The van der Waals surface area contributed by atoms with E-state index in [1.807, 2.05) is 13.1 Å². The number of nitrogens with one attached hydrogen (secondary N) is 1. The zero-order chi connectivity index (χ0) is 18.5. The lowest BCUT2D eigenvalue weighted by atomic mass is 10.0. The van der Waals surface area contributed by atoms with Crippen molar-refractivity contribution in [2.45, 2.75) is 58.4 Å². The van der Waals surface area contributed by atoms with Crippen LogP contribution in [-0.4, -0.2) is 24.5 Å². The lowest BCUT2D eigenvalue weighted by Crippen LogP contribution is -2.02. The topological polar surface area (TPSA) is 59.4 Å². The van der Waals surface area contributed by atoms with Crippen molar-refractivity contribution in [1.82, 2.24) is 24.5 Å². The Morgan fingerprint density at radius 1 is 1.15 bits per heavy atom. The first-order valence-electron chi connectivity index (χ1n) is 9.95. The molecule has 0 saturated heterocycles. The van der Waals surface area contributed by atoms with Gasteiger partial charge in [0.25, 0.3) is 0 Å². The van der Waals surface area contributed by atoms with E-state index < -0.39 is 0 Å². The van der Waals surface area contributed by atoms with Crippen LogP contribution in [0, 0.1) is 6.92 Å². The minimum atomic E-state index is 0.352. The van der Waals surface area contributed by atoms with Crippen LogP contribution in [0.3, 0.4) is 0 Å². The van der Waals surface area contributed by atoms with Crippen molar-refractivity contribution in [3.63, 3.8) is 0 Å². The highest BCUT2D eigenvalue weighted by Gasteiger charge is 2.20.